The standard InChI is InChI=1S/C17H24ClN3/c1-5-10-19-16(11-14-6-8-15(18)9-7-14)17-12(2)20-21(4)13(17)3/h6-9,16,19H,5,10-11H2,1-4H3. The van der Waals surface area contributed by atoms with Gasteiger partial charge in [-0.25, -0.2) is 0 Å². The molecule has 1 aromatic heterocycles. The molecule has 0 aliphatic carbocycles. The molecule has 0 aliphatic heterocycles. The van der Waals surface area contributed by atoms with E-state index in [1.165, 1.54) is 16.8 Å². The molecule has 21 heavy (non-hydrogen) atoms. The van der Waals surface area contributed by atoms with E-state index in [4.69, 9.17) is 11.6 Å². The van der Waals surface area contributed by atoms with Crippen LogP contribution in [0.25, 0.3) is 0 Å². The molecule has 0 saturated heterocycles. The molecule has 4 heteroatoms. The van der Waals surface area contributed by atoms with Crippen molar-refractivity contribution in [2.24, 2.45) is 7.05 Å². The molecule has 0 aliphatic rings. The van der Waals surface area contributed by atoms with Crippen LogP contribution in [0.2, 0.25) is 5.02 Å². The molecule has 114 valence electrons. The Morgan fingerprint density at radius 2 is 1.90 bits per heavy atom. The Labute approximate surface area is 132 Å². The lowest BCUT2D eigenvalue weighted by Crippen LogP contribution is -2.25. The molecule has 1 aromatic carbocycles. The number of rotatable bonds is 6. The van der Waals surface area contributed by atoms with Crippen LogP contribution >= 0.6 is 11.6 Å². The highest BCUT2D eigenvalue weighted by atomic mass is 35.5. The maximum Gasteiger partial charge on any atom is 0.0644 e. The second-order valence-electron chi connectivity index (χ2n) is 5.55. The van der Waals surface area contributed by atoms with E-state index in [0.29, 0.717) is 6.04 Å². The third kappa shape index (κ3) is 3.86. The quantitative estimate of drug-likeness (QED) is 0.875. The van der Waals surface area contributed by atoms with Gasteiger partial charge in [-0.2, -0.15) is 5.10 Å². The van der Waals surface area contributed by atoms with Crippen LogP contribution in [0.5, 0.6) is 0 Å². The number of hydrogen-bond acceptors (Lipinski definition) is 2. The molecule has 0 bridgehead atoms. The lowest BCUT2D eigenvalue weighted by atomic mass is 9.97. The summed E-state index contributed by atoms with van der Waals surface area (Å²) >= 11 is 5.97. The Balaban J connectivity index is 2.27. The van der Waals surface area contributed by atoms with Crippen molar-refractivity contribution in [3.63, 3.8) is 0 Å². The largest absolute Gasteiger partial charge is 0.310 e. The van der Waals surface area contributed by atoms with E-state index < -0.39 is 0 Å². The van der Waals surface area contributed by atoms with Crippen LogP contribution in [-0.2, 0) is 13.5 Å². The molecule has 0 fully saturated rings. The van der Waals surface area contributed by atoms with E-state index >= 15 is 0 Å². The van der Waals surface area contributed by atoms with Gasteiger partial charge in [0.05, 0.1) is 5.69 Å². The first-order chi connectivity index (χ1) is 10.0. The summed E-state index contributed by atoms with van der Waals surface area (Å²) in [6.07, 6.45) is 2.07. The van der Waals surface area contributed by atoms with Crippen LogP contribution < -0.4 is 5.32 Å². The van der Waals surface area contributed by atoms with E-state index in [1.54, 1.807) is 0 Å². The van der Waals surface area contributed by atoms with Crippen molar-refractivity contribution in [1.29, 1.82) is 0 Å². The first-order valence-electron chi connectivity index (χ1n) is 7.50. The maximum atomic E-state index is 5.97. The van der Waals surface area contributed by atoms with E-state index in [1.807, 2.05) is 23.9 Å². The van der Waals surface area contributed by atoms with Gasteiger partial charge < -0.3 is 5.32 Å². The minimum atomic E-state index is 0.292. The van der Waals surface area contributed by atoms with Crippen molar-refractivity contribution in [3.05, 3.63) is 51.8 Å². The molecule has 1 N–H and O–H groups in total. The van der Waals surface area contributed by atoms with E-state index in [9.17, 15) is 0 Å². The van der Waals surface area contributed by atoms with Crippen LogP contribution in [0.4, 0.5) is 0 Å². The third-order valence-electron chi connectivity index (χ3n) is 3.91. The number of hydrogen-bond donors (Lipinski definition) is 1. The molecular formula is C17H24ClN3. The van der Waals surface area contributed by atoms with Gasteiger partial charge in [-0.1, -0.05) is 30.7 Å². The number of aryl methyl sites for hydroxylation is 2. The summed E-state index contributed by atoms with van der Waals surface area (Å²) in [5.41, 5.74) is 4.95. The highest BCUT2D eigenvalue weighted by molar-refractivity contribution is 6.30. The topological polar surface area (TPSA) is 29.9 Å². The summed E-state index contributed by atoms with van der Waals surface area (Å²) in [6.45, 7) is 7.42. The summed E-state index contributed by atoms with van der Waals surface area (Å²) in [4.78, 5) is 0. The Morgan fingerprint density at radius 3 is 2.43 bits per heavy atom. The minimum Gasteiger partial charge on any atom is -0.310 e. The molecule has 0 spiro atoms. The second kappa shape index (κ2) is 7.10. The fourth-order valence-electron chi connectivity index (χ4n) is 2.75. The van der Waals surface area contributed by atoms with Gasteiger partial charge in [0, 0.05) is 29.4 Å². The highest BCUT2D eigenvalue weighted by Crippen LogP contribution is 2.25. The number of benzene rings is 1. The second-order valence-corrected chi connectivity index (χ2v) is 5.98. The van der Waals surface area contributed by atoms with Gasteiger partial charge in [0.1, 0.15) is 0 Å². The lowest BCUT2D eigenvalue weighted by Gasteiger charge is -2.20. The Morgan fingerprint density at radius 1 is 1.24 bits per heavy atom. The van der Waals surface area contributed by atoms with Gasteiger partial charge in [-0.3, -0.25) is 4.68 Å². The molecule has 2 aromatic rings. The number of nitrogens with zero attached hydrogens (tertiary/aromatic N) is 2. The van der Waals surface area contributed by atoms with E-state index in [2.05, 4.69) is 43.3 Å². The monoisotopic (exact) mass is 305 g/mol. The van der Waals surface area contributed by atoms with Crippen molar-refractivity contribution < 1.29 is 0 Å². The van der Waals surface area contributed by atoms with Crippen LogP contribution in [0.15, 0.2) is 24.3 Å². The van der Waals surface area contributed by atoms with E-state index in [0.717, 1.165) is 30.1 Å². The number of aromatic nitrogens is 2. The van der Waals surface area contributed by atoms with E-state index in [-0.39, 0.29) is 0 Å². The SMILES string of the molecule is CCCNC(Cc1ccc(Cl)cc1)c1c(C)nn(C)c1C. The van der Waals surface area contributed by atoms with Crippen molar-refractivity contribution >= 4 is 11.6 Å². The number of halogens is 1. The molecule has 1 atom stereocenters. The first-order valence-corrected chi connectivity index (χ1v) is 7.88. The minimum absolute atomic E-state index is 0.292. The van der Waals surface area contributed by atoms with Gasteiger partial charge in [0.2, 0.25) is 0 Å². The van der Waals surface area contributed by atoms with Gasteiger partial charge in [0.15, 0.2) is 0 Å². The molecule has 0 amide bonds. The Kier molecular flexibility index (Phi) is 5.43. The summed E-state index contributed by atoms with van der Waals surface area (Å²) in [6, 6.07) is 8.40. The van der Waals surface area contributed by atoms with Crippen molar-refractivity contribution in [2.75, 3.05) is 6.54 Å². The Bertz CT molecular complexity index is 587. The average Bonchev–Trinajstić information content (AvgIpc) is 2.71. The molecule has 2 rings (SSSR count). The van der Waals surface area contributed by atoms with Gasteiger partial charge >= 0.3 is 0 Å². The maximum absolute atomic E-state index is 5.97. The third-order valence-corrected chi connectivity index (χ3v) is 4.16. The van der Waals surface area contributed by atoms with Crippen molar-refractivity contribution in [1.82, 2.24) is 15.1 Å². The van der Waals surface area contributed by atoms with Gasteiger partial charge in [0.25, 0.3) is 0 Å². The number of nitrogens with one attached hydrogen (secondary N) is 1. The van der Waals surface area contributed by atoms with Crippen LogP contribution in [0.1, 0.15) is 41.9 Å². The van der Waals surface area contributed by atoms with Crippen LogP contribution in [-0.4, -0.2) is 16.3 Å². The Hall–Kier alpha value is -1.32. The summed E-state index contributed by atoms with van der Waals surface area (Å²) in [5, 5.41) is 8.99. The highest BCUT2D eigenvalue weighted by Gasteiger charge is 2.20. The van der Waals surface area contributed by atoms with Gasteiger partial charge in [-0.05, 0) is 50.9 Å². The molecular weight excluding hydrogens is 282 g/mol. The summed E-state index contributed by atoms with van der Waals surface area (Å²) in [5.74, 6) is 0. The fraction of sp³-hybridized carbons (Fsp3) is 0.471. The normalized spacial score (nSPS) is 12.6. The molecule has 0 saturated carbocycles. The predicted molar refractivity (Wildman–Crippen MR) is 88.9 cm³/mol. The molecule has 0 radical (unpaired) electrons. The van der Waals surface area contributed by atoms with Crippen LogP contribution in [0, 0.1) is 13.8 Å². The zero-order chi connectivity index (χ0) is 15.4. The lowest BCUT2D eigenvalue weighted by molar-refractivity contribution is 0.524. The summed E-state index contributed by atoms with van der Waals surface area (Å²) < 4.78 is 1.97. The van der Waals surface area contributed by atoms with Gasteiger partial charge in [-0.15, -0.1) is 0 Å². The van der Waals surface area contributed by atoms with Crippen molar-refractivity contribution in [3.8, 4) is 0 Å². The zero-order valence-corrected chi connectivity index (χ0v) is 14.0. The predicted octanol–water partition coefficient (Wildman–Crippen LogP) is 3.97. The first kappa shape index (κ1) is 16.1. The smallest absolute Gasteiger partial charge is 0.0644 e. The molecule has 1 heterocycles. The molecule has 1 unspecified atom stereocenters. The average molecular weight is 306 g/mol. The van der Waals surface area contributed by atoms with Crippen LogP contribution in [0.3, 0.4) is 0 Å². The van der Waals surface area contributed by atoms with Crippen molar-refractivity contribution in [2.45, 2.75) is 39.7 Å². The zero-order valence-electron chi connectivity index (χ0n) is 13.3. The summed E-state index contributed by atoms with van der Waals surface area (Å²) in [7, 11) is 2.00. The molecule has 3 nitrogen and oxygen atoms in total. The fourth-order valence-corrected chi connectivity index (χ4v) is 2.87.